The number of aliphatic imine (C=N–C) groups is 1. The number of methoxy groups -OCH3 is 2. The number of ether oxygens (including phenoxy) is 3. The minimum atomic E-state index is -0.812. The van der Waals surface area contributed by atoms with Crippen LogP contribution in [0.2, 0.25) is 0 Å². The summed E-state index contributed by atoms with van der Waals surface area (Å²) >= 11 is 1.64. The Morgan fingerprint density at radius 3 is 2.67 bits per heavy atom. The SMILES string of the molecule is CO[C@@H](C)c1ncccc1-c1c2c3cc(ccc3n1CCC(C)(C)OC)C1CSC(=N1)C[C@H](NC(=O)C1[C@@H](C)[C@H]1C)C(=O)N1CCC[C@H](N1)C(=O)OCC(C)(C)C2. The number of nitrogens with one attached hydrogen (secondary N) is 2. The molecule has 7 rings (SSSR count). The molecule has 2 N–H and O–H groups in total. The van der Waals surface area contributed by atoms with Gasteiger partial charge in [0.2, 0.25) is 5.91 Å². The number of hydrogen-bond donors (Lipinski definition) is 2. The number of cyclic esters (lactones) is 1. The molecule has 2 fully saturated rings. The average Bonchev–Trinajstić information content (AvgIpc) is 3.47. The van der Waals surface area contributed by atoms with Gasteiger partial charge in [0.25, 0.3) is 5.91 Å². The summed E-state index contributed by atoms with van der Waals surface area (Å²) in [6.45, 7) is 16.0. The number of fused-ring (bicyclic) bond motifs is 5. The number of esters is 1. The van der Waals surface area contributed by atoms with Gasteiger partial charge in [-0.15, -0.1) is 11.8 Å². The number of nitrogens with zero attached hydrogens (tertiary/aromatic N) is 4. The first kappa shape index (κ1) is 41.4. The van der Waals surface area contributed by atoms with Gasteiger partial charge in [0.1, 0.15) is 12.1 Å². The first-order valence-corrected chi connectivity index (χ1v) is 21.5. The number of rotatable bonds is 9. The van der Waals surface area contributed by atoms with E-state index < -0.39 is 23.5 Å². The van der Waals surface area contributed by atoms with Gasteiger partial charge in [0.05, 0.1) is 40.8 Å². The average molecular weight is 801 g/mol. The van der Waals surface area contributed by atoms with E-state index in [0.717, 1.165) is 56.2 Å². The molecule has 5 heterocycles. The first-order chi connectivity index (χ1) is 27.1. The maximum Gasteiger partial charge on any atom is 0.324 e. The fourth-order valence-corrected chi connectivity index (χ4v) is 9.70. The molecule has 12 nitrogen and oxygen atoms in total. The van der Waals surface area contributed by atoms with Crippen LogP contribution in [0.15, 0.2) is 41.5 Å². The molecule has 7 atom stereocenters. The molecular weight excluding hydrogens is 741 g/mol. The number of benzene rings is 1. The molecule has 2 unspecified atom stereocenters. The first-order valence-electron chi connectivity index (χ1n) is 20.5. The summed E-state index contributed by atoms with van der Waals surface area (Å²) in [5, 5.41) is 6.56. The summed E-state index contributed by atoms with van der Waals surface area (Å²) in [5.41, 5.74) is 8.60. The van der Waals surface area contributed by atoms with Crippen LogP contribution in [0, 0.1) is 23.2 Å². The van der Waals surface area contributed by atoms with Crippen LogP contribution in [0.1, 0.15) is 103 Å². The molecule has 1 aliphatic carbocycles. The molecule has 3 aromatic rings. The third-order valence-corrected chi connectivity index (χ3v) is 13.8. The Bertz CT molecular complexity index is 2040. The molecule has 1 aromatic carbocycles. The van der Waals surface area contributed by atoms with Gasteiger partial charge in [-0.05, 0) is 93.7 Å². The van der Waals surface area contributed by atoms with Gasteiger partial charge in [-0.1, -0.05) is 33.8 Å². The molecular formula is C44H60N6O6S. The van der Waals surface area contributed by atoms with E-state index in [-0.39, 0.29) is 60.3 Å². The highest BCUT2D eigenvalue weighted by atomic mass is 32.2. The molecule has 13 heteroatoms. The third kappa shape index (κ3) is 8.67. The van der Waals surface area contributed by atoms with Gasteiger partial charge in [0.15, 0.2) is 0 Å². The zero-order valence-electron chi connectivity index (χ0n) is 35.0. The van der Waals surface area contributed by atoms with Crippen LogP contribution in [-0.4, -0.2) is 88.2 Å². The Labute approximate surface area is 341 Å². The van der Waals surface area contributed by atoms with E-state index in [1.807, 2.05) is 19.2 Å². The van der Waals surface area contributed by atoms with Crippen LogP contribution >= 0.6 is 11.8 Å². The van der Waals surface area contributed by atoms with E-state index in [2.05, 4.69) is 81.1 Å². The van der Waals surface area contributed by atoms with E-state index in [9.17, 15) is 14.4 Å². The van der Waals surface area contributed by atoms with Crippen LogP contribution in [0.4, 0.5) is 0 Å². The van der Waals surface area contributed by atoms with Gasteiger partial charge in [-0.3, -0.25) is 29.4 Å². The zero-order chi connectivity index (χ0) is 40.8. The van der Waals surface area contributed by atoms with Gasteiger partial charge in [-0.25, -0.2) is 5.43 Å². The second kappa shape index (κ2) is 16.5. The lowest BCUT2D eigenvalue weighted by molar-refractivity contribution is -0.155. The smallest absolute Gasteiger partial charge is 0.324 e. The monoisotopic (exact) mass is 800 g/mol. The minimum absolute atomic E-state index is 0.102. The van der Waals surface area contributed by atoms with Gasteiger partial charge < -0.3 is 24.1 Å². The van der Waals surface area contributed by atoms with E-state index in [1.54, 1.807) is 26.0 Å². The maximum absolute atomic E-state index is 14.2. The predicted octanol–water partition coefficient (Wildman–Crippen LogP) is 6.81. The van der Waals surface area contributed by atoms with Crippen LogP contribution in [0.25, 0.3) is 22.2 Å². The number of carbonyl (C=O) groups excluding carboxylic acids is 3. The number of hydrogen-bond acceptors (Lipinski definition) is 10. The normalized spacial score (nSPS) is 27.1. The molecule has 3 aliphatic heterocycles. The number of pyridine rings is 1. The molecule has 1 saturated heterocycles. The Balaban J connectivity index is 1.36. The quantitative estimate of drug-likeness (QED) is 0.224. The number of amides is 2. The Hall–Kier alpha value is -3.78. The number of aryl methyl sites for hydroxylation is 1. The van der Waals surface area contributed by atoms with Crippen LogP contribution in [-0.2, 0) is 41.6 Å². The van der Waals surface area contributed by atoms with Crippen molar-refractivity contribution >= 4 is 45.5 Å². The fourth-order valence-electron chi connectivity index (χ4n) is 8.59. The molecule has 2 aromatic heterocycles. The summed E-state index contributed by atoms with van der Waals surface area (Å²) in [6.07, 6.45) is 4.41. The second-order valence-corrected chi connectivity index (χ2v) is 19.0. The van der Waals surface area contributed by atoms with Crippen molar-refractivity contribution in [3.63, 3.8) is 0 Å². The molecule has 57 heavy (non-hydrogen) atoms. The third-order valence-electron chi connectivity index (χ3n) is 12.7. The van der Waals surface area contributed by atoms with Crippen LogP contribution in [0.5, 0.6) is 0 Å². The van der Waals surface area contributed by atoms with Crippen molar-refractivity contribution in [2.45, 2.75) is 117 Å². The molecule has 4 aliphatic rings. The highest BCUT2D eigenvalue weighted by Crippen LogP contribution is 2.46. The largest absolute Gasteiger partial charge is 0.464 e. The minimum Gasteiger partial charge on any atom is -0.464 e. The lowest BCUT2D eigenvalue weighted by Crippen LogP contribution is -2.60. The molecule has 0 spiro atoms. The molecule has 2 amide bonds. The molecule has 1 saturated carbocycles. The zero-order valence-corrected chi connectivity index (χ0v) is 35.8. The molecule has 6 bridgehead atoms. The predicted molar refractivity (Wildman–Crippen MR) is 224 cm³/mol. The highest BCUT2D eigenvalue weighted by molar-refractivity contribution is 8.14. The summed E-state index contributed by atoms with van der Waals surface area (Å²) in [5.74, 6) is 0.404. The van der Waals surface area contributed by atoms with Crippen molar-refractivity contribution in [1.82, 2.24) is 25.3 Å². The van der Waals surface area contributed by atoms with E-state index >= 15 is 0 Å². The lowest BCUT2D eigenvalue weighted by atomic mass is 9.84. The van der Waals surface area contributed by atoms with Crippen LogP contribution < -0.4 is 10.7 Å². The van der Waals surface area contributed by atoms with Gasteiger partial charge in [0, 0.05) is 73.5 Å². The Morgan fingerprint density at radius 2 is 1.95 bits per heavy atom. The number of aromatic nitrogens is 2. The Morgan fingerprint density at radius 1 is 1.18 bits per heavy atom. The summed E-state index contributed by atoms with van der Waals surface area (Å²) in [7, 11) is 3.46. The lowest BCUT2D eigenvalue weighted by Gasteiger charge is -2.35. The molecule has 0 radical (unpaired) electrons. The van der Waals surface area contributed by atoms with Gasteiger partial charge in [-0.2, -0.15) is 0 Å². The van der Waals surface area contributed by atoms with Crippen molar-refractivity contribution in [2.75, 3.05) is 33.1 Å². The van der Waals surface area contributed by atoms with E-state index in [0.29, 0.717) is 32.4 Å². The number of hydrazine groups is 1. The second-order valence-electron chi connectivity index (χ2n) is 17.9. The number of thioether (sulfide) groups is 1. The van der Waals surface area contributed by atoms with Crippen molar-refractivity contribution < 1.29 is 28.6 Å². The van der Waals surface area contributed by atoms with Crippen molar-refractivity contribution in [1.29, 1.82) is 0 Å². The fraction of sp³-hybridized carbons (Fsp3) is 0.614. The standard InChI is InChI=1S/C44H60N6O6S/c1-25-26(2)37(25)40(51)47-33-21-36-46-34(23-57-36)28-14-15-35-30(20-28)31(22-43(4,5)24-56-42(53)32-13-11-18-50(48-32)41(33)52)39(49(35)19-16-44(6,7)55-9)29-12-10-17-45-38(29)27(3)54-8/h10,12,14-15,17,20,25-27,32-34,37,48H,11,13,16,18-19,21-24H2,1-9H3,(H,47,51)/t25-,26+,27-,32-,33-,34?,37?/m0/s1. The van der Waals surface area contributed by atoms with Crippen molar-refractivity contribution in [2.24, 2.45) is 28.2 Å². The van der Waals surface area contributed by atoms with Crippen molar-refractivity contribution in [3.05, 3.63) is 53.3 Å². The molecule has 308 valence electrons. The van der Waals surface area contributed by atoms with Gasteiger partial charge >= 0.3 is 5.97 Å². The van der Waals surface area contributed by atoms with Crippen molar-refractivity contribution in [3.8, 4) is 11.3 Å². The van der Waals surface area contributed by atoms with Crippen LogP contribution in [0.3, 0.4) is 0 Å². The highest BCUT2D eigenvalue weighted by Gasteiger charge is 2.49. The topological polar surface area (TPSA) is 136 Å². The van der Waals surface area contributed by atoms with E-state index in [4.69, 9.17) is 24.2 Å². The Kier molecular flexibility index (Phi) is 12.0. The maximum atomic E-state index is 14.2. The summed E-state index contributed by atoms with van der Waals surface area (Å²) < 4.78 is 20.3. The summed E-state index contributed by atoms with van der Waals surface area (Å²) in [4.78, 5) is 51.5. The number of carbonyl (C=O) groups is 3. The summed E-state index contributed by atoms with van der Waals surface area (Å²) in [6, 6.07) is 9.16. The van der Waals surface area contributed by atoms with E-state index in [1.165, 1.54) is 5.01 Å².